The second kappa shape index (κ2) is 13.6. The predicted molar refractivity (Wildman–Crippen MR) is 136 cm³/mol. The van der Waals surface area contributed by atoms with Crippen LogP contribution in [0.4, 0.5) is 11.8 Å². The van der Waals surface area contributed by atoms with Crippen LogP contribution in [0.25, 0.3) is 0 Å². The fourth-order valence-electron chi connectivity index (χ4n) is 3.99. The summed E-state index contributed by atoms with van der Waals surface area (Å²) in [6.07, 6.45) is 8.91. The van der Waals surface area contributed by atoms with Gasteiger partial charge in [-0.3, -0.25) is 0 Å². The number of nitrogens with one attached hydrogen (secondary N) is 2. The molecule has 186 valence electrons. The third-order valence-electron chi connectivity index (χ3n) is 5.98. The molecule has 3 N–H and O–H groups in total. The number of hydrogen-bond acceptors (Lipinski definition) is 8. The zero-order chi connectivity index (χ0) is 24.3. The van der Waals surface area contributed by atoms with Gasteiger partial charge in [-0.05, 0) is 79.6 Å². The third-order valence-corrected chi connectivity index (χ3v) is 6.39. The average Bonchev–Trinajstić information content (AvgIpc) is 2.84. The van der Waals surface area contributed by atoms with Crippen molar-refractivity contribution < 1.29 is 14.6 Å². The minimum absolute atomic E-state index is 0.0689. The fraction of sp³-hybridized carbons (Fsp3) is 0.583. The first-order valence-corrected chi connectivity index (χ1v) is 12.7. The van der Waals surface area contributed by atoms with Crippen LogP contribution >= 0.6 is 15.9 Å². The molecule has 3 heterocycles. The molecule has 0 spiro atoms. The number of carboxylic acids is 1. The van der Waals surface area contributed by atoms with Crippen LogP contribution in [0.5, 0.6) is 0 Å². The van der Waals surface area contributed by atoms with E-state index >= 15 is 0 Å². The predicted octanol–water partition coefficient (Wildman–Crippen LogP) is 3.61. The number of unbranched alkanes of at least 4 members (excludes halogenated alkanes) is 1. The van der Waals surface area contributed by atoms with Crippen molar-refractivity contribution in [3.8, 4) is 0 Å². The number of carbonyl (C=O) groups is 1. The smallest absolute Gasteiger partial charge is 0.326 e. The molecule has 9 nitrogen and oxygen atoms in total. The van der Waals surface area contributed by atoms with Gasteiger partial charge >= 0.3 is 5.97 Å². The zero-order valence-corrected chi connectivity index (χ0v) is 21.6. The van der Waals surface area contributed by atoms with E-state index in [4.69, 9.17) is 9.72 Å². The summed E-state index contributed by atoms with van der Waals surface area (Å²) < 4.78 is 6.20. The monoisotopic (exact) mass is 534 g/mol. The summed E-state index contributed by atoms with van der Waals surface area (Å²) in [4.78, 5) is 27.1. The van der Waals surface area contributed by atoms with E-state index in [1.54, 1.807) is 19.5 Å². The van der Waals surface area contributed by atoms with Crippen molar-refractivity contribution in [1.29, 1.82) is 0 Å². The van der Waals surface area contributed by atoms with Crippen LogP contribution in [0.15, 0.2) is 29.0 Å². The normalized spacial score (nSPS) is 14.8. The van der Waals surface area contributed by atoms with Gasteiger partial charge in [-0.25, -0.2) is 19.7 Å². The van der Waals surface area contributed by atoms with Gasteiger partial charge in [0.1, 0.15) is 11.9 Å². The van der Waals surface area contributed by atoms with E-state index in [0.717, 1.165) is 67.7 Å². The Kier molecular flexibility index (Phi) is 10.5. The second-order valence-electron chi connectivity index (χ2n) is 8.69. The second-order valence-corrected chi connectivity index (χ2v) is 9.61. The number of fused-ring (bicyclic) bond motifs is 1. The first-order chi connectivity index (χ1) is 16.4. The highest BCUT2D eigenvalue weighted by atomic mass is 79.9. The van der Waals surface area contributed by atoms with Gasteiger partial charge in [-0.15, -0.1) is 0 Å². The highest BCUT2D eigenvalue weighted by Crippen LogP contribution is 2.20. The summed E-state index contributed by atoms with van der Waals surface area (Å²) >= 11 is 3.29. The SMILES string of the molecule is CO[C@H](C)CN(CCCCc1ccc2c(n1)NCCC2)CC[C@H](Nc1ncc(Br)cn1)C(=O)O. The van der Waals surface area contributed by atoms with Crippen molar-refractivity contribution in [3.63, 3.8) is 0 Å². The molecule has 3 rings (SSSR count). The summed E-state index contributed by atoms with van der Waals surface area (Å²) in [7, 11) is 1.70. The quantitative estimate of drug-likeness (QED) is 0.313. The Balaban J connectivity index is 1.49. The largest absolute Gasteiger partial charge is 0.480 e. The molecular weight excluding hydrogens is 500 g/mol. The lowest BCUT2D eigenvalue weighted by atomic mass is 10.1. The molecule has 2 aromatic heterocycles. The van der Waals surface area contributed by atoms with Gasteiger partial charge < -0.3 is 25.4 Å². The average molecular weight is 535 g/mol. The Morgan fingerprint density at radius 1 is 1.29 bits per heavy atom. The van der Waals surface area contributed by atoms with Crippen LogP contribution in [0.3, 0.4) is 0 Å². The topological polar surface area (TPSA) is 113 Å². The van der Waals surface area contributed by atoms with Crippen LogP contribution in [-0.2, 0) is 22.4 Å². The van der Waals surface area contributed by atoms with E-state index < -0.39 is 12.0 Å². The maximum Gasteiger partial charge on any atom is 0.326 e. The van der Waals surface area contributed by atoms with E-state index in [1.807, 2.05) is 6.92 Å². The van der Waals surface area contributed by atoms with E-state index in [-0.39, 0.29) is 6.10 Å². The van der Waals surface area contributed by atoms with E-state index in [1.165, 1.54) is 5.56 Å². The Hall–Kier alpha value is -2.30. The number of rotatable bonds is 14. The van der Waals surface area contributed by atoms with E-state index in [0.29, 0.717) is 18.9 Å². The lowest BCUT2D eigenvalue weighted by Crippen LogP contribution is -2.38. The molecular formula is C24H35BrN6O3. The van der Waals surface area contributed by atoms with Crippen LogP contribution in [0.1, 0.15) is 43.9 Å². The summed E-state index contributed by atoms with van der Waals surface area (Å²) in [5, 5.41) is 16.0. The number of pyridine rings is 1. The van der Waals surface area contributed by atoms with Crippen molar-refractivity contribution in [1.82, 2.24) is 19.9 Å². The molecule has 0 saturated carbocycles. The summed E-state index contributed by atoms with van der Waals surface area (Å²) in [5.41, 5.74) is 2.43. The number of methoxy groups -OCH3 is 1. The number of anilines is 2. The van der Waals surface area contributed by atoms with Crippen molar-refractivity contribution in [2.45, 2.75) is 57.6 Å². The Labute approximate surface area is 209 Å². The fourth-order valence-corrected chi connectivity index (χ4v) is 4.20. The van der Waals surface area contributed by atoms with Gasteiger partial charge in [-0.1, -0.05) is 6.07 Å². The number of hydrogen-bond donors (Lipinski definition) is 3. The molecule has 0 radical (unpaired) electrons. The maximum absolute atomic E-state index is 11.8. The minimum atomic E-state index is -0.918. The summed E-state index contributed by atoms with van der Waals surface area (Å²) in [5.74, 6) is 0.430. The molecule has 1 aliphatic heterocycles. The molecule has 0 bridgehead atoms. The highest BCUT2D eigenvalue weighted by molar-refractivity contribution is 9.10. The molecule has 10 heteroatoms. The molecule has 34 heavy (non-hydrogen) atoms. The van der Waals surface area contributed by atoms with Crippen molar-refractivity contribution in [3.05, 3.63) is 40.3 Å². The minimum Gasteiger partial charge on any atom is -0.480 e. The van der Waals surface area contributed by atoms with Crippen molar-refractivity contribution in [2.75, 3.05) is 43.9 Å². The van der Waals surface area contributed by atoms with Crippen LogP contribution < -0.4 is 10.6 Å². The molecule has 0 aromatic carbocycles. The highest BCUT2D eigenvalue weighted by Gasteiger charge is 2.20. The van der Waals surface area contributed by atoms with Crippen LogP contribution in [-0.4, -0.2) is 76.4 Å². The number of aliphatic carboxylic acids is 1. The molecule has 0 aliphatic carbocycles. The Morgan fingerprint density at radius 3 is 2.82 bits per heavy atom. The number of ether oxygens (including phenoxy) is 1. The molecule has 0 saturated heterocycles. The number of aromatic nitrogens is 3. The van der Waals surface area contributed by atoms with Gasteiger partial charge in [0.05, 0.1) is 10.6 Å². The van der Waals surface area contributed by atoms with E-state index in [9.17, 15) is 9.90 Å². The molecule has 1 aliphatic rings. The van der Waals surface area contributed by atoms with Crippen molar-refractivity contribution >= 4 is 33.7 Å². The van der Waals surface area contributed by atoms with Gasteiger partial charge in [0.15, 0.2) is 0 Å². The van der Waals surface area contributed by atoms with Crippen molar-refractivity contribution in [2.24, 2.45) is 0 Å². The standard InChI is InChI=1S/C24H35BrN6O3/c1-17(34-2)16-31(13-10-21(23(32)33)30-24-27-14-19(25)15-28-24)12-4-3-7-20-9-8-18-6-5-11-26-22(18)29-20/h8-9,14-15,17,21H,3-7,10-13,16H2,1-2H3,(H,26,29)(H,32,33)(H,27,28,30)/t17-,21+/m1/s1. The van der Waals surface area contributed by atoms with Crippen LogP contribution in [0.2, 0.25) is 0 Å². The molecule has 0 fully saturated rings. The Morgan fingerprint density at radius 2 is 2.09 bits per heavy atom. The molecule has 2 aromatic rings. The molecule has 0 unspecified atom stereocenters. The first kappa shape index (κ1) is 26.3. The number of halogens is 1. The molecule has 2 atom stereocenters. The van der Waals surface area contributed by atoms with Gasteiger partial charge in [0.2, 0.25) is 5.95 Å². The van der Waals surface area contributed by atoms with Gasteiger partial charge in [0.25, 0.3) is 0 Å². The van der Waals surface area contributed by atoms with E-state index in [2.05, 4.69) is 53.6 Å². The molecule has 0 amide bonds. The lowest BCUT2D eigenvalue weighted by Gasteiger charge is -2.26. The van der Waals surface area contributed by atoms with Crippen LogP contribution in [0, 0.1) is 0 Å². The third kappa shape index (κ3) is 8.48. The van der Waals surface area contributed by atoms with Gasteiger partial charge in [-0.2, -0.15) is 0 Å². The summed E-state index contributed by atoms with van der Waals surface area (Å²) in [6.45, 7) is 5.28. The maximum atomic E-state index is 11.8. The van der Waals surface area contributed by atoms with Gasteiger partial charge in [0, 0.05) is 44.8 Å². The Bertz CT molecular complexity index is 914. The number of nitrogens with zero attached hydrogens (tertiary/aromatic N) is 4. The number of aryl methyl sites for hydroxylation is 2. The zero-order valence-electron chi connectivity index (χ0n) is 20.0. The first-order valence-electron chi connectivity index (χ1n) is 11.9. The lowest BCUT2D eigenvalue weighted by molar-refractivity contribution is -0.138. The summed E-state index contributed by atoms with van der Waals surface area (Å²) in [6, 6.07) is 3.57. The number of carboxylic acid groups (broad SMARTS) is 1.